The molecule has 76 valence electrons. The number of nitrogens with zero attached hydrogens (tertiary/aromatic N) is 2. The second-order valence-electron chi connectivity index (χ2n) is 4.02. The molecule has 1 atom stereocenters. The molecule has 0 N–H and O–H groups in total. The minimum absolute atomic E-state index is 0.588. The van der Waals surface area contributed by atoms with Gasteiger partial charge in [-0.1, -0.05) is 20.8 Å². The monoisotopic (exact) mass is 182 g/mol. The zero-order chi connectivity index (χ0) is 9.84. The molecule has 0 bridgehead atoms. The van der Waals surface area contributed by atoms with Crippen LogP contribution in [0.25, 0.3) is 0 Å². The van der Waals surface area contributed by atoms with Crippen LogP contribution in [0.15, 0.2) is 12.4 Å². The van der Waals surface area contributed by atoms with Crippen molar-refractivity contribution in [2.75, 3.05) is 13.1 Å². The van der Waals surface area contributed by atoms with E-state index in [0.717, 1.165) is 6.54 Å². The first-order valence-corrected chi connectivity index (χ1v) is 5.40. The Morgan fingerprint density at radius 3 is 2.23 bits per heavy atom. The summed E-state index contributed by atoms with van der Waals surface area (Å²) >= 11 is 0. The highest BCUT2D eigenvalue weighted by Crippen LogP contribution is 2.22. The Balaban J connectivity index is 2.61. The van der Waals surface area contributed by atoms with Gasteiger partial charge in [-0.15, -0.1) is 0 Å². The summed E-state index contributed by atoms with van der Waals surface area (Å²) in [5.41, 5.74) is 0. The lowest BCUT2D eigenvalue weighted by atomic mass is 10.1. The van der Waals surface area contributed by atoms with Crippen LogP contribution < -0.4 is 0 Å². The van der Waals surface area contributed by atoms with Crippen molar-refractivity contribution in [1.29, 1.82) is 0 Å². The van der Waals surface area contributed by atoms with E-state index in [9.17, 15) is 0 Å². The molecule has 0 fully saturated rings. The van der Waals surface area contributed by atoms with Crippen molar-refractivity contribution < 1.29 is 0 Å². The van der Waals surface area contributed by atoms with E-state index in [-0.39, 0.29) is 0 Å². The molecule has 0 spiro atoms. The van der Waals surface area contributed by atoms with E-state index in [1.165, 1.54) is 13.0 Å². The molecule has 1 unspecified atom stereocenters. The Morgan fingerprint density at radius 2 is 1.77 bits per heavy atom. The molecule has 1 heterocycles. The van der Waals surface area contributed by atoms with Gasteiger partial charge in [0.15, 0.2) is 0 Å². The molecular formula is C11H22N2. The topological polar surface area (TPSA) is 6.48 Å². The second-order valence-corrected chi connectivity index (χ2v) is 4.02. The molecule has 0 amide bonds. The maximum Gasteiger partial charge on any atom is 0.103 e. The van der Waals surface area contributed by atoms with Gasteiger partial charge < -0.3 is 9.80 Å². The minimum atomic E-state index is 0.588. The summed E-state index contributed by atoms with van der Waals surface area (Å²) in [6.45, 7) is 11.3. The second kappa shape index (κ2) is 4.54. The third-order valence-corrected chi connectivity index (χ3v) is 2.57. The van der Waals surface area contributed by atoms with E-state index in [0.29, 0.717) is 12.1 Å². The van der Waals surface area contributed by atoms with Crippen molar-refractivity contribution in [1.82, 2.24) is 9.80 Å². The number of rotatable bonds is 4. The zero-order valence-corrected chi connectivity index (χ0v) is 9.33. The first kappa shape index (κ1) is 10.4. The van der Waals surface area contributed by atoms with Crippen molar-refractivity contribution in [3.8, 4) is 0 Å². The summed E-state index contributed by atoms with van der Waals surface area (Å²) in [6.07, 6.45) is 6.27. The molecule has 2 nitrogen and oxygen atoms in total. The van der Waals surface area contributed by atoms with Crippen molar-refractivity contribution in [3.63, 3.8) is 0 Å². The van der Waals surface area contributed by atoms with Gasteiger partial charge in [-0.25, -0.2) is 0 Å². The molecule has 13 heavy (non-hydrogen) atoms. The fourth-order valence-corrected chi connectivity index (χ4v) is 2.06. The highest BCUT2D eigenvalue weighted by molar-refractivity contribution is 4.97. The number of hydrogen-bond donors (Lipinski definition) is 0. The Labute approximate surface area is 82.2 Å². The lowest BCUT2D eigenvalue weighted by Crippen LogP contribution is -2.42. The van der Waals surface area contributed by atoms with Crippen LogP contribution in [-0.4, -0.2) is 29.1 Å². The first-order valence-electron chi connectivity index (χ1n) is 5.40. The largest absolute Gasteiger partial charge is 0.356 e. The van der Waals surface area contributed by atoms with Gasteiger partial charge in [-0.2, -0.15) is 0 Å². The van der Waals surface area contributed by atoms with Crippen LogP contribution in [0.1, 0.15) is 34.1 Å². The van der Waals surface area contributed by atoms with E-state index in [2.05, 4.69) is 49.9 Å². The lowest BCUT2D eigenvalue weighted by molar-refractivity contribution is 0.111. The van der Waals surface area contributed by atoms with Crippen LogP contribution in [0.5, 0.6) is 0 Å². The molecule has 0 aromatic heterocycles. The van der Waals surface area contributed by atoms with Crippen molar-refractivity contribution >= 4 is 0 Å². The molecule has 0 radical (unpaired) electrons. The van der Waals surface area contributed by atoms with Crippen LogP contribution in [0.4, 0.5) is 0 Å². The van der Waals surface area contributed by atoms with Gasteiger partial charge in [0.05, 0.1) is 0 Å². The maximum absolute atomic E-state index is 2.45. The van der Waals surface area contributed by atoms with E-state index < -0.39 is 0 Å². The molecule has 2 heteroatoms. The molecule has 0 aliphatic carbocycles. The van der Waals surface area contributed by atoms with Gasteiger partial charge in [0.2, 0.25) is 0 Å². The summed E-state index contributed by atoms with van der Waals surface area (Å²) in [6, 6.07) is 0. The van der Waals surface area contributed by atoms with E-state index in [4.69, 9.17) is 0 Å². The third-order valence-electron chi connectivity index (χ3n) is 2.57. The number of hydrogen-bond acceptors (Lipinski definition) is 2. The normalized spacial score (nSPS) is 22.1. The summed E-state index contributed by atoms with van der Waals surface area (Å²) in [5, 5.41) is 0. The van der Waals surface area contributed by atoms with Crippen molar-refractivity contribution in [2.24, 2.45) is 5.92 Å². The summed E-state index contributed by atoms with van der Waals surface area (Å²) < 4.78 is 0. The van der Waals surface area contributed by atoms with Crippen LogP contribution in [0.3, 0.4) is 0 Å². The molecule has 1 aliphatic heterocycles. The van der Waals surface area contributed by atoms with Crippen molar-refractivity contribution in [3.05, 3.63) is 12.4 Å². The summed E-state index contributed by atoms with van der Waals surface area (Å²) in [7, 11) is 0. The Morgan fingerprint density at radius 1 is 1.15 bits per heavy atom. The zero-order valence-electron chi connectivity index (χ0n) is 9.33. The predicted octanol–water partition coefficient (Wildman–Crippen LogP) is 2.49. The smallest absolute Gasteiger partial charge is 0.103 e. The Kier molecular flexibility index (Phi) is 3.64. The highest BCUT2D eigenvalue weighted by atomic mass is 15.4. The first-order chi connectivity index (χ1) is 6.20. The Bertz CT molecular complexity index is 175. The molecule has 0 saturated heterocycles. The Hall–Kier alpha value is -0.660. The standard InChI is InChI=1S/C11H22N2/c1-5-7-13-9-8-12(6-2)11(13)10(3)4/h8-11H,5-7H2,1-4H3. The van der Waals surface area contributed by atoms with Gasteiger partial charge >= 0.3 is 0 Å². The third kappa shape index (κ3) is 2.17. The van der Waals surface area contributed by atoms with Crippen LogP contribution >= 0.6 is 0 Å². The quantitative estimate of drug-likeness (QED) is 0.659. The van der Waals surface area contributed by atoms with Gasteiger partial charge in [0.25, 0.3) is 0 Å². The SMILES string of the molecule is CCCN1C=CN(CC)C1C(C)C. The summed E-state index contributed by atoms with van der Waals surface area (Å²) in [5.74, 6) is 0.696. The van der Waals surface area contributed by atoms with Crippen LogP contribution in [0.2, 0.25) is 0 Å². The molecule has 1 aliphatic rings. The molecule has 1 rings (SSSR count). The molecule has 0 aromatic carbocycles. The summed E-state index contributed by atoms with van der Waals surface area (Å²) in [4.78, 5) is 4.87. The van der Waals surface area contributed by atoms with E-state index in [1.807, 2.05) is 0 Å². The maximum atomic E-state index is 2.45. The molecule has 0 aromatic rings. The minimum Gasteiger partial charge on any atom is -0.356 e. The average Bonchev–Trinajstić information content (AvgIpc) is 2.48. The van der Waals surface area contributed by atoms with Gasteiger partial charge in [0, 0.05) is 25.5 Å². The molecular weight excluding hydrogens is 160 g/mol. The fraction of sp³-hybridized carbons (Fsp3) is 0.818. The predicted molar refractivity (Wildman–Crippen MR) is 57.1 cm³/mol. The highest BCUT2D eigenvalue weighted by Gasteiger charge is 2.26. The van der Waals surface area contributed by atoms with Crippen LogP contribution in [-0.2, 0) is 0 Å². The fourth-order valence-electron chi connectivity index (χ4n) is 2.06. The van der Waals surface area contributed by atoms with Gasteiger partial charge in [-0.05, 0) is 19.3 Å². The van der Waals surface area contributed by atoms with Gasteiger partial charge in [-0.3, -0.25) is 0 Å². The van der Waals surface area contributed by atoms with Gasteiger partial charge in [0.1, 0.15) is 6.17 Å². The van der Waals surface area contributed by atoms with Crippen LogP contribution in [0, 0.1) is 5.92 Å². The lowest BCUT2D eigenvalue weighted by Gasteiger charge is -2.35. The van der Waals surface area contributed by atoms with E-state index >= 15 is 0 Å². The van der Waals surface area contributed by atoms with E-state index in [1.54, 1.807) is 0 Å². The average molecular weight is 182 g/mol. The van der Waals surface area contributed by atoms with Crippen molar-refractivity contribution in [2.45, 2.75) is 40.3 Å². The molecule has 0 saturated carbocycles.